The minimum Gasteiger partial charge on any atom is -1.00 e. The van der Waals surface area contributed by atoms with Crippen molar-refractivity contribution in [2.45, 2.75) is 361 Å². The third-order valence-electron chi connectivity index (χ3n) is 37.3. The quantitative estimate of drug-likeness (QED) is 0.0500. The van der Waals surface area contributed by atoms with Crippen LogP contribution in [0.25, 0.3) is 0 Å². The Bertz CT molecular complexity index is 4150. The van der Waals surface area contributed by atoms with Gasteiger partial charge in [-0.05, 0) is 362 Å². The van der Waals surface area contributed by atoms with Gasteiger partial charge in [0.05, 0.1) is 27.4 Å². The first-order chi connectivity index (χ1) is 57.6. The molecule has 2 aromatic carbocycles. The first kappa shape index (κ1) is 106. The molecule has 6 N–H and O–H groups in total. The zero-order valence-electron chi connectivity index (χ0n) is 76.8. The molecule has 126 heavy (non-hydrogen) atoms. The number of ether oxygens (including phenoxy) is 1. The van der Waals surface area contributed by atoms with E-state index >= 15 is 0 Å². The molecular weight excluding hydrogens is 1740 g/mol. The molecule has 2 aromatic rings. The van der Waals surface area contributed by atoms with Gasteiger partial charge >= 0.3 is 60.1 Å². The van der Waals surface area contributed by atoms with E-state index in [1.165, 1.54) is 12.1 Å². The van der Waals surface area contributed by atoms with E-state index in [1.54, 1.807) is 42.5 Å². The summed E-state index contributed by atoms with van der Waals surface area (Å²) in [5.74, 6) is 4.40. The third kappa shape index (κ3) is 20.6. The number of epoxide rings is 1. The van der Waals surface area contributed by atoms with E-state index in [-0.39, 0.29) is 174 Å². The molecular formula is C94H140F18MgO11S2. The van der Waals surface area contributed by atoms with Crippen molar-refractivity contribution in [3.05, 3.63) is 60.7 Å². The fourth-order valence-corrected chi connectivity index (χ4v) is 33.7. The van der Waals surface area contributed by atoms with Crippen molar-refractivity contribution >= 4 is 42.7 Å². The molecule has 0 aromatic heterocycles. The molecule has 0 amide bonds. The van der Waals surface area contributed by atoms with Crippen LogP contribution in [0, 0.1) is 139 Å². The maximum absolute atomic E-state index is 13.9. The van der Waals surface area contributed by atoms with E-state index in [0.29, 0.717) is 103 Å². The predicted molar refractivity (Wildman–Crippen MR) is 446 cm³/mol. The van der Waals surface area contributed by atoms with E-state index in [2.05, 4.69) is 60.1 Å². The molecule has 31 atom stereocenters. The van der Waals surface area contributed by atoms with Crippen LogP contribution in [0.15, 0.2) is 70.5 Å². The van der Waals surface area contributed by atoms with Crippen molar-refractivity contribution in [1.82, 2.24) is 0 Å². The topological polar surface area (TPSA) is 202 Å². The number of fused-ring (bicyclic) bond motifs is 15. The van der Waals surface area contributed by atoms with Crippen molar-refractivity contribution in [1.29, 1.82) is 0 Å². The van der Waals surface area contributed by atoms with Crippen molar-refractivity contribution in [3.8, 4) is 0 Å². The molecule has 0 radical (unpaired) electrons. The summed E-state index contributed by atoms with van der Waals surface area (Å²) in [6.07, 6.45) is -16.8. The van der Waals surface area contributed by atoms with Crippen LogP contribution < -0.4 is 0 Å². The Kier molecular flexibility index (Phi) is 32.1. The molecule has 11 nitrogen and oxygen atoms in total. The van der Waals surface area contributed by atoms with Crippen LogP contribution in [0.3, 0.4) is 0 Å². The number of aliphatic hydroxyl groups is 6. The summed E-state index contributed by atoms with van der Waals surface area (Å²) in [5, 5.41) is 56.4. The molecule has 1 aliphatic heterocycles. The molecule has 13 aliphatic rings. The molecule has 12 saturated carbocycles. The second-order valence-electron chi connectivity index (χ2n) is 43.0. The van der Waals surface area contributed by atoms with E-state index in [4.69, 9.17) is 5.11 Å². The second-order valence-corrected chi connectivity index (χ2v) is 47.2. The van der Waals surface area contributed by atoms with Crippen LogP contribution in [-0.4, -0.2) is 167 Å². The van der Waals surface area contributed by atoms with Gasteiger partial charge in [0.1, 0.15) is 12.2 Å². The summed E-state index contributed by atoms with van der Waals surface area (Å²) in [7, 11) is -6.30. The molecule has 15 rings (SSSR count). The van der Waals surface area contributed by atoms with Crippen molar-refractivity contribution in [3.63, 3.8) is 0 Å². The Morgan fingerprint density at radius 2 is 0.714 bits per heavy atom. The van der Waals surface area contributed by atoms with Crippen LogP contribution in [0.1, 0.15) is 277 Å². The first-order valence-corrected chi connectivity index (χ1v) is 49.4. The zero-order valence-corrected chi connectivity index (χ0v) is 77.8. The van der Waals surface area contributed by atoms with Crippen LogP contribution in [-0.2, 0) is 24.4 Å². The van der Waals surface area contributed by atoms with Crippen molar-refractivity contribution in [2.24, 2.45) is 139 Å². The van der Waals surface area contributed by atoms with Crippen molar-refractivity contribution in [2.75, 3.05) is 19.5 Å². The SMILES string of the molecule is CO.C[C@H](C(CC[C@H](O)C(F)(F)F)S(=O)(=O)c1ccccc1)[C@H]1CC[C@H]2[C@@H]3CC[C@H]4C[C@](O)(C(F)(F)F)CC[C@]4(C)[C@H]3CC[C@]12C.C[C@H](CCC[C@H](O)C(F)(F)F)[C@H]1CC[C@H]2[C@@H]3CC[C@H]4C[C@](O)(C(F)(F)F)CC[C@]4(C)[C@H]3CC[C@]12C.C[C@H](CCS(=O)(=O)c1ccccc1)[C@H]1CC[C@H]2[C@@H]3CC[C@H]4C[C@](O)(C(F)(F)F)CC[C@]4(C)[C@H]3CC[C@]12C.FC(F)(F)[C@@H]1CO1.[H-].[H-].[Mg+2]. The number of benzene rings is 2. The van der Waals surface area contributed by atoms with Gasteiger partial charge in [-0.3, -0.25) is 0 Å². The first-order valence-electron chi connectivity index (χ1n) is 46.2. The van der Waals surface area contributed by atoms with E-state index in [0.717, 1.165) is 116 Å². The van der Waals surface area contributed by atoms with E-state index in [9.17, 15) is 121 Å². The number of rotatable bonds is 17. The average molecular weight is 1880 g/mol. The van der Waals surface area contributed by atoms with Gasteiger partial charge in [-0.15, -0.1) is 0 Å². The van der Waals surface area contributed by atoms with Gasteiger partial charge in [0.2, 0.25) is 0 Å². The number of hydrogen-bond acceptors (Lipinski definition) is 11. The summed E-state index contributed by atoms with van der Waals surface area (Å²) in [4.78, 5) is 0.456. The fraction of sp³-hybridized carbons (Fsp3) is 0.872. The Balaban J connectivity index is 0.000000224. The summed E-state index contributed by atoms with van der Waals surface area (Å²) >= 11 is 0. The largest absolute Gasteiger partial charge is 2.00 e. The Labute approximate surface area is 753 Å². The van der Waals surface area contributed by atoms with E-state index < -0.39 is 109 Å². The smallest absolute Gasteiger partial charge is 1.00 e. The van der Waals surface area contributed by atoms with Gasteiger partial charge in [-0.1, -0.05) is 112 Å². The molecule has 1 saturated heterocycles. The number of hydrogen-bond donors (Lipinski definition) is 6. The van der Waals surface area contributed by atoms with Gasteiger partial charge in [-0.2, -0.15) is 79.0 Å². The third-order valence-corrected chi connectivity index (χ3v) is 41.5. The minimum atomic E-state index is -4.84. The van der Waals surface area contributed by atoms with Gasteiger partial charge in [0.25, 0.3) is 0 Å². The number of sulfone groups is 2. The van der Waals surface area contributed by atoms with Crippen LogP contribution >= 0.6 is 0 Å². The molecule has 12 aliphatic carbocycles. The zero-order chi connectivity index (χ0) is 92.9. The standard InChI is InChI=1S/C33H46F6O4S.C30H43F3O3S.C27H42F6O2.C3H3F3O.CH4O.Mg.2H/c1-20(27(13-14-28(40)32(34,35)36)44(42,43)22-7-5-4-6-8-22)24-11-12-25-23-10-9-21-19-31(41,33(37,38)39)18-17-29(21,2)26(23)15-16-30(24,25)3;1-20(14-18-37(35,36)22-7-5-4-6-8-22)24-11-12-25-23-10-9-21-19-29(34,30(31,32)33)17-16-27(21,2)26(23)13-15-28(24,25)3;1-16(5-4-6-22(34)26(28,29)30)19-9-10-20-18-8-7-17-15-25(35,27(31,32)33)14-13-23(17,2)21(18)11-12-24(19,20)3;4-3(5,6)2-1-7-2;1-2;;;/h4-8,20-21,23-28,40-41H,9-19H2,1-3H3;4-8,20-21,23-26,34H,9-19H2,1-3H3;16-22,34-35H,4-15H2,1-3H3;2H,1H2;2H,1H3;;;/q;;;;;+2;2*-1/t20-,21-,23-,24+,25-,26-,27?,28-,29-,30+,31-;20-,21+,23+,24-,25+,26+,27+,28-,29+;16-,17+,18+,19-,20+,21+,22+,23+,24-,25+;2-;;;;/m0110..../s1. The normalized spacial score (nSPS) is 41.0. The molecule has 0 spiro atoms. The Hall–Kier alpha value is -2.43. The maximum atomic E-state index is 13.9. The summed E-state index contributed by atoms with van der Waals surface area (Å²) in [6, 6.07) is 16.5. The second kappa shape index (κ2) is 38.3. The molecule has 0 bridgehead atoms. The van der Waals surface area contributed by atoms with Crippen LogP contribution in [0.2, 0.25) is 0 Å². The summed E-state index contributed by atoms with van der Waals surface area (Å²) in [5.41, 5.74) is -8.29. The minimum absolute atomic E-state index is 0. The van der Waals surface area contributed by atoms with Crippen LogP contribution in [0.5, 0.6) is 0 Å². The number of aliphatic hydroxyl groups excluding tert-OH is 3. The van der Waals surface area contributed by atoms with Gasteiger partial charge in [-0.25, -0.2) is 16.8 Å². The summed E-state index contributed by atoms with van der Waals surface area (Å²) in [6.45, 7) is 19.5. The van der Waals surface area contributed by atoms with Gasteiger partial charge < -0.3 is 38.2 Å². The van der Waals surface area contributed by atoms with Gasteiger partial charge in [0.15, 0.2) is 42.6 Å². The van der Waals surface area contributed by atoms with Crippen LogP contribution in [0.4, 0.5) is 79.0 Å². The molecule has 1 heterocycles. The van der Waals surface area contributed by atoms with E-state index in [1.807, 2.05) is 13.0 Å². The molecule has 722 valence electrons. The fourth-order valence-electron chi connectivity index (χ4n) is 30.1. The molecule has 32 heteroatoms. The monoisotopic (exact) mass is 1870 g/mol. The van der Waals surface area contributed by atoms with Gasteiger partial charge in [0, 0.05) is 7.11 Å². The van der Waals surface area contributed by atoms with Crippen molar-refractivity contribution < 1.29 is 134 Å². The average Bonchev–Trinajstić information content (AvgIpc) is 1.24. The Morgan fingerprint density at radius 1 is 0.397 bits per heavy atom. The number of alkyl halides is 18. The maximum Gasteiger partial charge on any atom is 2.00 e. The Morgan fingerprint density at radius 3 is 1.04 bits per heavy atom. The predicted octanol–water partition coefficient (Wildman–Crippen LogP) is 23.6. The number of halogens is 18. The summed E-state index contributed by atoms with van der Waals surface area (Å²) < 4.78 is 291. The molecule has 1 unspecified atom stereocenters. The molecule has 13 fully saturated rings.